The van der Waals surface area contributed by atoms with Crippen LogP contribution in [0.2, 0.25) is 0 Å². The molecule has 0 amide bonds. The van der Waals surface area contributed by atoms with E-state index in [1.165, 1.54) is 0 Å². The Balaban J connectivity index is 2.64. The highest BCUT2D eigenvalue weighted by Gasteiger charge is 2.29. The van der Waals surface area contributed by atoms with Crippen molar-refractivity contribution >= 4 is 0 Å². The van der Waals surface area contributed by atoms with Crippen molar-refractivity contribution in [3.63, 3.8) is 0 Å². The highest BCUT2D eigenvalue weighted by molar-refractivity contribution is 5.25. The van der Waals surface area contributed by atoms with Gasteiger partial charge in [0.15, 0.2) is 0 Å². The molecule has 0 saturated heterocycles. The van der Waals surface area contributed by atoms with Crippen molar-refractivity contribution < 1.29 is 13.2 Å². The largest absolute Gasteiger partial charge is 0.416 e. The van der Waals surface area contributed by atoms with Gasteiger partial charge in [0.05, 0.1) is 5.56 Å². The highest BCUT2D eigenvalue weighted by atomic mass is 19.4. The van der Waals surface area contributed by atoms with E-state index in [0.29, 0.717) is 6.04 Å². The molecule has 0 aliphatic heterocycles. The first-order chi connectivity index (χ1) is 8.97. The van der Waals surface area contributed by atoms with Gasteiger partial charge in [-0.3, -0.25) is 0 Å². The minimum absolute atomic E-state index is 0.349. The number of halogens is 3. The van der Waals surface area contributed by atoms with E-state index in [-0.39, 0.29) is 0 Å². The van der Waals surface area contributed by atoms with Crippen LogP contribution < -0.4 is 5.32 Å². The molecular formula is C15H22F3N. The zero-order chi connectivity index (χ0) is 14.3. The number of nitrogens with one attached hydrogen (secondary N) is 1. The third-order valence-corrected chi connectivity index (χ3v) is 3.08. The molecule has 1 nitrogen and oxygen atoms in total. The smallest absolute Gasteiger partial charge is 0.314 e. The topological polar surface area (TPSA) is 12.0 Å². The summed E-state index contributed by atoms with van der Waals surface area (Å²) in [7, 11) is 0. The Kier molecular flexibility index (Phi) is 6.35. The van der Waals surface area contributed by atoms with Crippen LogP contribution in [0.4, 0.5) is 13.2 Å². The fraction of sp³-hybridized carbons (Fsp3) is 0.600. The molecule has 1 N–H and O–H groups in total. The lowest BCUT2D eigenvalue weighted by Crippen LogP contribution is -2.31. The average Bonchev–Trinajstić information content (AvgIpc) is 2.36. The first-order valence-corrected chi connectivity index (χ1v) is 6.86. The molecule has 1 aromatic rings. The van der Waals surface area contributed by atoms with Crippen LogP contribution in [0.3, 0.4) is 0 Å². The van der Waals surface area contributed by atoms with Gasteiger partial charge in [-0.15, -0.1) is 0 Å². The van der Waals surface area contributed by atoms with Crippen molar-refractivity contribution in [2.45, 2.75) is 51.7 Å². The molecule has 19 heavy (non-hydrogen) atoms. The maximum atomic E-state index is 12.5. The van der Waals surface area contributed by atoms with Gasteiger partial charge in [-0.05, 0) is 43.5 Å². The Morgan fingerprint density at radius 2 is 1.68 bits per heavy atom. The Bertz CT molecular complexity index is 357. The van der Waals surface area contributed by atoms with E-state index in [4.69, 9.17) is 0 Å². The second-order valence-electron chi connectivity index (χ2n) is 4.84. The molecule has 1 atom stereocenters. The van der Waals surface area contributed by atoms with Gasteiger partial charge < -0.3 is 5.32 Å². The summed E-state index contributed by atoms with van der Waals surface area (Å²) < 4.78 is 37.4. The lowest BCUT2D eigenvalue weighted by Gasteiger charge is -2.18. The van der Waals surface area contributed by atoms with Crippen LogP contribution in [0, 0.1) is 0 Å². The van der Waals surface area contributed by atoms with E-state index < -0.39 is 11.7 Å². The van der Waals surface area contributed by atoms with E-state index in [9.17, 15) is 13.2 Å². The van der Waals surface area contributed by atoms with Gasteiger partial charge in [0.2, 0.25) is 0 Å². The molecule has 0 aliphatic rings. The third-order valence-electron chi connectivity index (χ3n) is 3.08. The van der Waals surface area contributed by atoms with E-state index in [2.05, 4.69) is 19.2 Å². The standard InChI is InChI=1S/C15H22F3N/c1-3-5-14(19-10-4-2)11-12-6-8-13(9-7-12)15(16,17)18/h6-9,14,19H,3-5,10-11H2,1-2H3. The van der Waals surface area contributed by atoms with Gasteiger partial charge in [0.25, 0.3) is 0 Å². The second kappa shape index (κ2) is 7.53. The maximum Gasteiger partial charge on any atom is 0.416 e. The summed E-state index contributed by atoms with van der Waals surface area (Å²) in [5.41, 5.74) is 0.375. The minimum Gasteiger partial charge on any atom is -0.314 e. The Morgan fingerprint density at radius 3 is 2.16 bits per heavy atom. The number of benzene rings is 1. The predicted octanol–water partition coefficient (Wildman–Crippen LogP) is 4.42. The summed E-state index contributed by atoms with van der Waals surface area (Å²) >= 11 is 0. The molecule has 0 aliphatic carbocycles. The van der Waals surface area contributed by atoms with Crippen LogP contribution in [0.1, 0.15) is 44.2 Å². The quantitative estimate of drug-likeness (QED) is 0.775. The number of rotatable bonds is 7. The van der Waals surface area contributed by atoms with Gasteiger partial charge in [0.1, 0.15) is 0 Å². The van der Waals surface area contributed by atoms with Crippen LogP contribution >= 0.6 is 0 Å². The summed E-state index contributed by atoms with van der Waals surface area (Å²) in [4.78, 5) is 0. The Labute approximate surface area is 113 Å². The lowest BCUT2D eigenvalue weighted by atomic mass is 10.0. The molecule has 0 radical (unpaired) electrons. The highest BCUT2D eigenvalue weighted by Crippen LogP contribution is 2.29. The zero-order valence-corrected chi connectivity index (χ0v) is 11.6. The van der Waals surface area contributed by atoms with Crippen LogP contribution in [0.5, 0.6) is 0 Å². The van der Waals surface area contributed by atoms with E-state index in [0.717, 1.165) is 49.9 Å². The van der Waals surface area contributed by atoms with Crippen molar-refractivity contribution in [3.8, 4) is 0 Å². The van der Waals surface area contributed by atoms with Gasteiger partial charge in [-0.2, -0.15) is 13.2 Å². The molecule has 4 heteroatoms. The van der Waals surface area contributed by atoms with E-state index in [1.54, 1.807) is 12.1 Å². The fourth-order valence-corrected chi connectivity index (χ4v) is 2.09. The second-order valence-corrected chi connectivity index (χ2v) is 4.84. The molecule has 1 rings (SSSR count). The molecule has 0 bridgehead atoms. The monoisotopic (exact) mass is 273 g/mol. The third kappa shape index (κ3) is 5.64. The number of hydrogen-bond donors (Lipinski definition) is 1. The van der Waals surface area contributed by atoms with Crippen molar-refractivity contribution in [2.24, 2.45) is 0 Å². The Hall–Kier alpha value is -1.03. The number of hydrogen-bond acceptors (Lipinski definition) is 1. The van der Waals surface area contributed by atoms with Crippen molar-refractivity contribution in [1.29, 1.82) is 0 Å². The van der Waals surface area contributed by atoms with E-state index >= 15 is 0 Å². The summed E-state index contributed by atoms with van der Waals surface area (Å²) in [5, 5.41) is 3.44. The average molecular weight is 273 g/mol. The SMILES string of the molecule is CCCNC(CCC)Cc1ccc(C(F)(F)F)cc1. The van der Waals surface area contributed by atoms with Gasteiger partial charge in [-0.1, -0.05) is 32.4 Å². The summed E-state index contributed by atoms with van der Waals surface area (Å²) in [5.74, 6) is 0. The first kappa shape index (κ1) is 16.0. The van der Waals surface area contributed by atoms with Gasteiger partial charge in [0, 0.05) is 6.04 Å². The first-order valence-electron chi connectivity index (χ1n) is 6.86. The molecule has 0 heterocycles. The van der Waals surface area contributed by atoms with E-state index in [1.807, 2.05) is 0 Å². The molecule has 1 aromatic carbocycles. The molecular weight excluding hydrogens is 251 g/mol. The lowest BCUT2D eigenvalue weighted by molar-refractivity contribution is -0.137. The zero-order valence-electron chi connectivity index (χ0n) is 11.6. The molecule has 0 saturated carbocycles. The maximum absolute atomic E-state index is 12.5. The van der Waals surface area contributed by atoms with Crippen molar-refractivity contribution in [3.05, 3.63) is 35.4 Å². The number of alkyl halides is 3. The van der Waals surface area contributed by atoms with Crippen LogP contribution in [-0.4, -0.2) is 12.6 Å². The summed E-state index contributed by atoms with van der Waals surface area (Å²) in [6.45, 7) is 5.17. The summed E-state index contributed by atoms with van der Waals surface area (Å²) in [6, 6.07) is 5.84. The van der Waals surface area contributed by atoms with Crippen molar-refractivity contribution in [1.82, 2.24) is 5.32 Å². The minimum atomic E-state index is -4.25. The molecule has 0 aromatic heterocycles. The van der Waals surface area contributed by atoms with Crippen LogP contribution in [0.25, 0.3) is 0 Å². The molecule has 1 unspecified atom stereocenters. The molecule has 0 spiro atoms. The molecule has 108 valence electrons. The van der Waals surface area contributed by atoms with Gasteiger partial charge in [-0.25, -0.2) is 0 Å². The Morgan fingerprint density at radius 1 is 1.05 bits per heavy atom. The fourth-order valence-electron chi connectivity index (χ4n) is 2.09. The van der Waals surface area contributed by atoms with Gasteiger partial charge >= 0.3 is 6.18 Å². The normalized spacial score (nSPS) is 13.5. The van der Waals surface area contributed by atoms with Crippen LogP contribution in [0.15, 0.2) is 24.3 Å². The van der Waals surface area contributed by atoms with Crippen LogP contribution in [-0.2, 0) is 12.6 Å². The molecule has 0 fully saturated rings. The van der Waals surface area contributed by atoms with Crippen molar-refractivity contribution in [2.75, 3.05) is 6.54 Å². The predicted molar refractivity (Wildman–Crippen MR) is 72.1 cm³/mol. The summed E-state index contributed by atoms with van der Waals surface area (Å²) in [6.07, 6.45) is -0.288.